The molecular weight excluding hydrogens is 200 g/mol. The Hall–Kier alpha value is -0.570. The zero-order chi connectivity index (χ0) is 12.1. The van der Waals surface area contributed by atoms with E-state index in [9.17, 15) is 4.79 Å². The van der Waals surface area contributed by atoms with Gasteiger partial charge >= 0.3 is 0 Å². The monoisotopic (exact) mass is 226 g/mol. The van der Waals surface area contributed by atoms with Crippen molar-refractivity contribution in [3.8, 4) is 0 Å². The number of rotatable bonds is 4. The maximum Gasteiger partial charge on any atom is 0.225 e. The second-order valence-electron chi connectivity index (χ2n) is 5.40. The molecule has 1 saturated heterocycles. The molecule has 1 aliphatic rings. The van der Waals surface area contributed by atoms with Crippen molar-refractivity contribution in [1.29, 1.82) is 0 Å². The molecule has 2 N–H and O–H groups in total. The lowest BCUT2D eigenvalue weighted by molar-refractivity contribution is -0.138. The van der Waals surface area contributed by atoms with Crippen LogP contribution in [-0.2, 0) is 4.79 Å². The van der Waals surface area contributed by atoms with Crippen LogP contribution in [-0.4, -0.2) is 30.4 Å². The van der Waals surface area contributed by atoms with Crippen LogP contribution in [0.5, 0.6) is 0 Å². The summed E-state index contributed by atoms with van der Waals surface area (Å²) < 4.78 is 0. The zero-order valence-electron chi connectivity index (χ0n) is 10.9. The molecule has 0 spiro atoms. The van der Waals surface area contributed by atoms with Crippen LogP contribution in [0.3, 0.4) is 0 Å². The first-order chi connectivity index (χ1) is 7.56. The normalized spacial score (nSPS) is 23.6. The van der Waals surface area contributed by atoms with E-state index in [0.29, 0.717) is 17.7 Å². The van der Waals surface area contributed by atoms with Crippen LogP contribution in [0.25, 0.3) is 0 Å². The van der Waals surface area contributed by atoms with Gasteiger partial charge in [0.15, 0.2) is 0 Å². The minimum Gasteiger partial charge on any atom is -0.342 e. The van der Waals surface area contributed by atoms with E-state index in [-0.39, 0.29) is 5.92 Å². The molecule has 94 valence electrons. The van der Waals surface area contributed by atoms with Gasteiger partial charge in [0, 0.05) is 19.0 Å². The molecular formula is C13H26N2O. The second-order valence-corrected chi connectivity index (χ2v) is 5.40. The van der Waals surface area contributed by atoms with Crippen LogP contribution in [0, 0.1) is 17.8 Å². The van der Waals surface area contributed by atoms with Gasteiger partial charge in [-0.15, -0.1) is 0 Å². The summed E-state index contributed by atoms with van der Waals surface area (Å²) in [6, 6.07) is 0. The smallest absolute Gasteiger partial charge is 0.225 e. The molecule has 0 aromatic carbocycles. The average molecular weight is 226 g/mol. The summed E-state index contributed by atoms with van der Waals surface area (Å²) in [5, 5.41) is 0. The molecule has 1 heterocycles. The Bertz CT molecular complexity index is 226. The lowest BCUT2D eigenvalue weighted by atomic mass is 9.91. The molecule has 16 heavy (non-hydrogen) atoms. The molecule has 0 aliphatic carbocycles. The van der Waals surface area contributed by atoms with E-state index in [1.54, 1.807) is 0 Å². The highest BCUT2D eigenvalue weighted by atomic mass is 16.2. The summed E-state index contributed by atoms with van der Waals surface area (Å²) in [7, 11) is 0. The number of hydrogen-bond acceptors (Lipinski definition) is 2. The molecule has 1 rings (SSSR count). The molecule has 0 aromatic heterocycles. The molecule has 3 nitrogen and oxygen atoms in total. The maximum absolute atomic E-state index is 12.2. The fraction of sp³-hybridized carbons (Fsp3) is 0.923. The van der Waals surface area contributed by atoms with Gasteiger partial charge < -0.3 is 10.6 Å². The van der Waals surface area contributed by atoms with Crippen LogP contribution >= 0.6 is 0 Å². The number of carbonyl (C=O) groups excluding carboxylic acids is 1. The molecule has 2 unspecified atom stereocenters. The third kappa shape index (κ3) is 3.48. The van der Waals surface area contributed by atoms with Crippen molar-refractivity contribution in [3.63, 3.8) is 0 Å². The molecule has 1 amide bonds. The van der Waals surface area contributed by atoms with Crippen LogP contribution in [0.15, 0.2) is 0 Å². The summed E-state index contributed by atoms with van der Waals surface area (Å²) in [4.78, 5) is 14.2. The van der Waals surface area contributed by atoms with E-state index >= 15 is 0 Å². The Morgan fingerprint density at radius 2 is 2.12 bits per heavy atom. The number of nitrogens with two attached hydrogens (primary N) is 1. The maximum atomic E-state index is 12.2. The van der Waals surface area contributed by atoms with Gasteiger partial charge in [0.1, 0.15) is 0 Å². The first-order valence-electron chi connectivity index (χ1n) is 6.55. The minimum absolute atomic E-state index is 0.150. The van der Waals surface area contributed by atoms with Crippen molar-refractivity contribution in [2.75, 3.05) is 19.6 Å². The van der Waals surface area contributed by atoms with Crippen molar-refractivity contribution in [2.45, 2.75) is 40.0 Å². The first-order valence-corrected chi connectivity index (χ1v) is 6.55. The van der Waals surface area contributed by atoms with Crippen molar-refractivity contribution < 1.29 is 4.79 Å². The van der Waals surface area contributed by atoms with Gasteiger partial charge in [-0.1, -0.05) is 20.8 Å². The molecule has 0 radical (unpaired) electrons. The summed E-state index contributed by atoms with van der Waals surface area (Å²) in [5.74, 6) is 1.54. The molecule has 0 bridgehead atoms. The number of carbonyl (C=O) groups is 1. The summed E-state index contributed by atoms with van der Waals surface area (Å²) >= 11 is 0. The van der Waals surface area contributed by atoms with Crippen LogP contribution in [0.1, 0.15) is 40.0 Å². The lowest BCUT2D eigenvalue weighted by Gasteiger charge is -2.35. The molecule has 3 heteroatoms. The highest BCUT2D eigenvalue weighted by Gasteiger charge is 2.27. The van der Waals surface area contributed by atoms with E-state index in [0.717, 1.165) is 32.5 Å². The van der Waals surface area contributed by atoms with Crippen molar-refractivity contribution in [2.24, 2.45) is 23.5 Å². The Balaban J connectivity index is 2.49. The predicted molar refractivity (Wildman–Crippen MR) is 67.0 cm³/mol. The van der Waals surface area contributed by atoms with E-state index in [1.165, 1.54) is 6.42 Å². The minimum atomic E-state index is 0.150. The van der Waals surface area contributed by atoms with Crippen LogP contribution in [0.2, 0.25) is 0 Å². The second kappa shape index (κ2) is 6.24. The number of likely N-dealkylation sites (tertiary alicyclic amines) is 1. The Labute approximate surface area is 99.4 Å². The fourth-order valence-corrected chi connectivity index (χ4v) is 2.31. The molecule has 0 saturated carbocycles. The van der Waals surface area contributed by atoms with Gasteiger partial charge in [-0.2, -0.15) is 0 Å². The van der Waals surface area contributed by atoms with E-state index in [2.05, 4.69) is 18.7 Å². The number of nitrogens with zero attached hydrogens (tertiary/aromatic N) is 1. The number of hydrogen-bond donors (Lipinski definition) is 1. The molecule has 0 aromatic rings. The van der Waals surface area contributed by atoms with Crippen LogP contribution in [0.4, 0.5) is 0 Å². The number of amides is 1. The summed E-state index contributed by atoms with van der Waals surface area (Å²) in [6.07, 6.45) is 3.43. The third-order valence-electron chi connectivity index (χ3n) is 3.80. The van der Waals surface area contributed by atoms with Gasteiger partial charge in [-0.3, -0.25) is 4.79 Å². The summed E-state index contributed by atoms with van der Waals surface area (Å²) in [5.41, 5.74) is 5.59. The summed E-state index contributed by atoms with van der Waals surface area (Å²) in [6.45, 7) is 8.88. The fourth-order valence-electron chi connectivity index (χ4n) is 2.31. The average Bonchev–Trinajstić information content (AvgIpc) is 2.28. The van der Waals surface area contributed by atoms with E-state index in [4.69, 9.17) is 5.73 Å². The van der Waals surface area contributed by atoms with E-state index in [1.807, 2.05) is 6.92 Å². The van der Waals surface area contributed by atoms with E-state index < -0.39 is 0 Å². The van der Waals surface area contributed by atoms with Crippen molar-refractivity contribution in [1.82, 2.24) is 4.90 Å². The predicted octanol–water partition coefficient (Wildman–Crippen LogP) is 1.87. The topological polar surface area (TPSA) is 46.3 Å². The highest BCUT2D eigenvalue weighted by Crippen LogP contribution is 2.22. The molecule has 2 atom stereocenters. The van der Waals surface area contributed by atoms with Gasteiger partial charge in [-0.25, -0.2) is 0 Å². The molecule has 1 fully saturated rings. The highest BCUT2D eigenvalue weighted by molar-refractivity contribution is 5.78. The van der Waals surface area contributed by atoms with Gasteiger partial charge in [0.2, 0.25) is 5.91 Å². The van der Waals surface area contributed by atoms with Gasteiger partial charge in [0.25, 0.3) is 0 Å². The van der Waals surface area contributed by atoms with Crippen LogP contribution < -0.4 is 5.73 Å². The Kier molecular flexibility index (Phi) is 5.26. The SMILES string of the molecule is CC(C)C(C)C(=O)N1CCCC(CCN)C1. The Morgan fingerprint density at radius 1 is 1.44 bits per heavy atom. The third-order valence-corrected chi connectivity index (χ3v) is 3.80. The lowest BCUT2D eigenvalue weighted by Crippen LogP contribution is -2.43. The van der Waals surface area contributed by atoms with Gasteiger partial charge in [0.05, 0.1) is 0 Å². The van der Waals surface area contributed by atoms with Crippen molar-refractivity contribution in [3.05, 3.63) is 0 Å². The largest absolute Gasteiger partial charge is 0.342 e. The quantitative estimate of drug-likeness (QED) is 0.795. The zero-order valence-corrected chi connectivity index (χ0v) is 10.9. The van der Waals surface area contributed by atoms with Gasteiger partial charge in [-0.05, 0) is 37.6 Å². The number of piperidine rings is 1. The first kappa shape index (κ1) is 13.5. The molecule has 1 aliphatic heterocycles. The Morgan fingerprint density at radius 3 is 2.69 bits per heavy atom. The standard InChI is InChI=1S/C13H26N2O/c1-10(2)11(3)13(16)15-8-4-5-12(9-15)6-7-14/h10-12H,4-9,14H2,1-3H3. The van der Waals surface area contributed by atoms with Crippen molar-refractivity contribution >= 4 is 5.91 Å².